The van der Waals surface area contributed by atoms with Crippen LogP contribution in [0, 0.1) is 22.7 Å². The number of rotatable bonds is 1. The number of hydrogen-bond donors (Lipinski definition) is 1. The second kappa shape index (κ2) is 2.31. The predicted molar refractivity (Wildman–Crippen MR) is 52.3 cm³/mol. The van der Waals surface area contributed by atoms with E-state index < -0.39 is 0 Å². The first-order chi connectivity index (χ1) is 6.13. The highest BCUT2D eigenvalue weighted by Crippen LogP contribution is 2.64. The Morgan fingerprint density at radius 2 is 1.77 bits per heavy atom. The van der Waals surface area contributed by atoms with Crippen LogP contribution < -0.4 is 0 Å². The van der Waals surface area contributed by atoms with Crippen LogP contribution in [0.15, 0.2) is 0 Å². The molecule has 2 unspecified atom stereocenters. The van der Waals surface area contributed by atoms with Gasteiger partial charge < -0.3 is 5.11 Å². The lowest BCUT2D eigenvalue weighted by Gasteiger charge is -2.61. The first-order valence-corrected chi connectivity index (χ1v) is 5.74. The largest absolute Gasteiger partial charge is 0.396 e. The molecule has 0 heterocycles. The van der Waals surface area contributed by atoms with Gasteiger partial charge in [-0.2, -0.15) is 0 Å². The first-order valence-electron chi connectivity index (χ1n) is 5.74. The smallest absolute Gasteiger partial charge is 0.0487 e. The molecular weight excluding hydrogens is 160 g/mol. The van der Waals surface area contributed by atoms with Gasteiger partial charge in [0.2, 0.25) is 0 Å². The molecule has 0 amide bonds. The van der Waals surface area contributed by atoms with E-state index in [2.05, 4.69) is 6.92 Å². The Morgan fingerprint density at radius 3 is 2.23 bits per heavy atom. The monoisotopic (exact) mass is 180 g/mol. The lowest BCUT2D eigenvalue weighted by atomic mass is 9.45. The molecule has 0 aromatic rings. The average Bonchev–Trinajstić information content (AvgIpc) is 1.99. The minimum absolute atomic E-state index is 0.360. The van der Waals surface area contributed by atoms with E-state index in [1.807, 2.05) is 0 Å². The summed E-state index contributed by atoms with van der Waals surface area (Å²) in [6.07, 6.45) is 8.34. The quantitative estimate of drug-likeness (QED) is 0.657. The van der Waals surface area contributed by atoms with Crippen molar-refractivity contribution in [3.8, 4) is 0 Å². The SMILES string of the molecule is CC12C[C@H]3C[C@@H](C1)CC(CO)(C3)C2. The molecule has 1 heteroatoms. The molecule has 4 aliphatic rings. The van der Waals surface area contributed by atoms with Crippen LogP contribution in [0.5, 0.6) is 0 Å². The molecule has 4 bridgehead atoms. The van der Waals surface area contributed by atoms with E-state index in [4.69, 9.17) is 0 Å². The summed E-state index contributed by atoms with van der Waals surface area (Å²) in [6, 6.07) is 0. The molecule has 0 radical (unpaired) electrons. The molecule has 1 N–H and O–H groups in total. The molecule has 4 atom stereocenters. The zero-order chi connectivity index (χ0) is 9.10. The fourth-order valence-corrected chi connectivity index (χ4v) is 5.11. The van der Waals surface area contributed by atoms with Gasteiger partial charge in [-0.3, -0.25) is 0 Å². The van der Waals surface area contributed by atoms with Crippen LogP contribution in [-0.2, 0) is 0 Å². The fraction of sp³-hybridized carbons (Fsp3) is 1.00. The third kappa shape index (κ3) is 1.09. The standard InChI is InChI=1S/C12H20O/c1-11-3-9-2-10(4-11)6-12(5-9,7-11)8-13/h9-10,13H,2-8H2,1H3/t9-,10+,11?,12?. The number of hydrogen-bond acceptors (Lipinski definition) is 1. The van der Waals surface area contributed by atoms with Gasteiger partial charge in [-0.15, -0.1) is 0 Å². The molecule has 0 saturated heterocycles. The molecule has 13 heavy (non-hydrogen) atoms. The molecule has 4 fully saturated rings. The maximum Gasteiger partial charge on any atom is 0.0487 e. The summed E-state index contributed by atoms with van der Waals surface area (Å²) < 4.78 is 0. The van der Waals surface area contributed by atoms with Gasteiger partial charge in [0.1, 0.15) is 0 Å². The summed E-state index contributed by atoms with van der Waals surface area (Å²) in [5.41, 5.74) is 0.964. The van der Waals surface area contributed by atoms with Crippen molar-refractivity contribution < 1.29 is 5.11 Å². The van der Waals surface area contributed by atoms with Gasteiger partial charge in [0.25, 0.3) is 0 Å². The van der Waals surface area contributed by atoms with Crippen molar-refractivity contribution in [2.24, 2.45) is 22.7 Å². The minimum atomic E-state index is 0.360. The Hall–Kier alpha value is -0.0400. The number of aliphatic hydroxyl groups excluding tert-OH is 1. The number of aliphatic hydroxyl groups is 1. The van der Waals surface area contributed by atoms with E-state index in [1.165, 1.54) is 38.5 Å². The maximum absolute atomic E-state index is 9.55. The highest BCUT2D eigenvalue weighted by molar-refractivity contribution is 5.05. The Labute approximate surface area is 80.5 Å². The molecule has 4 rings (SSSR count). The Balaban J connectivity index is 1.95. The van der Waals surface area contributed by atoms with Crippen LogP contribution in [0.1, 0.15) is 45.4 Å². The summed E-state index contributed by atoms with van der Waals surface area (Å²) in [6.45, 7) is 2.91. The highest BCUT2D eigenvalue weighted by atomic mass is 16.3. The summed E-state index contributed by atoms with van der Waals surface area (Å²) >= 11 is 0. The zero-order valence-corrected chi connectivity index (χ0v) is 8.55. The van der Waals surface area contributed by atoms with Gasteiger partial charge in [-0.1, -0.05) is 6.92 Å². The second-order valence-corrected chi connectivity index (χ2v) is 6.43. The van der Waals surface area contributed by atoms with Crippen LogP contribution in [-0.4, -0.2) is 11.7 Å². The first kappa shape index (κ1) is 8.28. The fourth-order valence-electron chi connectivity index (χ4n) is 5.11. The van der Waals surface area contributed by atoms with E-state index in [0.717, 1.165) is 11.8 Å². The van der Waals surface area contributed by atoms with Gasteiger partial charge in [-0.05, 0) is 61.2 Å². The van der Waals surface area contributed by atoms with Gasteiger partial charge in [-0.25, -0.2) is 0 Å². The van der Waals surface area contributed by atoms with E-state index in [1.54, 1.807) is 0 Å². The molecule has 4 aliphatic carbocycles. The van der Waals surface area contributed by atoms with Crippen LogP contribution in [0.4, 0.5) is 0 Å². The predicted octanol–water partition coefficient (Wildman–Crippen LogP) is 2.59. The Morgan fingerprint density at radius 1 is 1.15 bits per heavy atom. The summed E-state index contributed by atoms with van der Waals surface area (Å²) in [7, 11) is 0. The summed E-state index contributed by atoms with van der Waals surface area (Å²) in [4.78, 5) is 0. The van der Waals surface area contributed by atoms with Gasteiger partial charge >= 0.3 is 0 Å². The van der Waals surface area contributed by atoms with E-state index >= 15 is 0 Å². The van der Waals surface area contributed by atoms with Crippen LogP contribution >= 0.6 is 0 Å². The Kier molecular flexibility index (Phi) is 1.47. The topological polar surface area (TPSA) is 20.2 Å². The Bertz CT molecular complexity index is 219. The lowest BCUT2D eigenvalue weighted by molar-refractivity contribution is -0.121. The van der Waals surface area contributed by atoms with E-state index in [0.29, 0.717) is 17.4 Å². The van der Waals surface area contributed by atoms with Gasteiger partial charge in [0.05, 0.1) is 0 Å². The normalized spacial score (nSPS) is 58.6. The summed E-state index contributed by atoms with van der Waals surface area (Å²) in [5.74, 6) is 1.91. The molecule has 0 spiro atoms. The van der Waals surface area contributed by atoms with E-state index in [9.17, 15) is 5.11 Å². The molecule has 0 aromatic carbocycles. The van der Waals surface area contributed by atoms with Crippen molar-refractivity contribution >= 4 is 0 Å². The zero-order valence-electron chi connectivity index (χ0n) is 8.55. The summed E-state index contributed by atoms with van der Waals surface area (Å²) in [5, 5.41) is 9.55. The van der Waals surface area contributed by atoms with Crippen molar-refractivity contribution in [2.45, 2.75) is 45.4 Å². The third-order valence-electron chi connectivity index (χ3n) is 4.81. The van der Waals surface area contributed by atoms with Crippen LogP contribution in [0.3, 0.4) is 0 Å². The van der Waals surface area contributed by atoms with Crippen molar-refractivity contribution in [1.29, 1.82) is 0 Å². The highest BCUT2D eigenvalue weighted by Gasteiger charge is 2.55. The lowest BCUT2D eigenvalue weighted by Crippen LogP contribution is -2.52. The second-order valence-electron chi connectivity index (χ2n) is 6.43. The molecule has 0 aromatic heterocycles. The van der Waals surface area contributed by atoms with Crippen molar-refractivity contribution in [3.05, 3.63) is 0 Å². The van der Waals surface area contributed by atoms with Crippen molar-refractivity contribution in [2.75, 3.05) is 6.61 Å². The molecule has 74 valence electrons. The molecule has 0 aliphatic heterocycles. The van der Waals surface area contributed by atoms with Crippen molar-refractivity contribution in [3.63, 3.8) is 0 Å². The molecular formula is C12H20O. The third-order valence-corrected chi connectivity index (χ3v) is 4.81. The van der Waals surface area contributed by atoms with E-state index in [-0.39, 0.29) is 0 Å². The van der Waals surface area contributed by atoms with Crippen LogP contribution in [0.25, 0.3) is 0 Å². The molecule has 1 nitrogen and oxygen atoms in total. The van der Waals surface area contributed by atoms with Crippen molar-refractivity contribution in [1.82, 2.24) is 0 Å². The minimum Gasteiger partial charge on any atom is -0.396 e. The average molecular weight is 180 g/mol. The van der Waals surface area contributed by atoms with Gasteiger partial charge in [0.15, 0.2) is 0 Å². The molecule has 4 saturated carbocycles. The van der Waals surface area contributed by atoms with Gasteiger partial charge in [0, 0.05) is 6.61 Å². The van der Waals surface area contributed by atoms with Crippen LogP contribution in [0.2, 0.25) is 0 Å². The maximum atomic E-state index is 9.55.